The van der Waals surface area contributed by atoms with Gasteiger partial charge in [-0.05, 0) is 75.0 Å². The Morgan fingerprint density at radius 2 is 1.92 bits per heavy atom. The minimum atomic E-state index is -2.47. The van der Waals surface area contributed by atoms with Gasteiger partial charge >= 0.3 is 0 Å². The normalized spacial score (nSPS) is 46.5. The number of alkyl halides is 1. The zero-order valence-electron chi connectivity index (χ0n) is 21.7. The smallest absolute Gasteiger partial charge is 0.197 e. The number of hydrogen-bond acceptors (Lipinski definition) is 7. The van der Waals surface area contributed by atoms with Gasteiger partial charge in [0.05, 0.1) is 11.7 Å². The zero-order chi connectivity index (χ0) is 26.1. The Hall–Kier alpha value is -2.10. The molecule has 7 rings (SSSR count). The number of ether oxygens (including phenoxy) is 1. The Labute approximate surface area is 215 Å². The van der Waals surface area contributed by atoms with Gasteiger partial charge in [-0.1, -0.05) is 25.1 Å². The fourth-order valence-electron chi connectivity index (χ4n) is 8.74. The lowest BCUT2D eigenvalue weighted by Crippen LogP contribution is -2.78. The molecule has 5 aliphatic rings. The van der Waals surface area contributed by atoms with Crippen molar-refractivity contribution in [3.05, 3.63) is 47.4 Å². The second-order valence-electron chi connectivity index (χ2n) is 12.4. The van der Waals surface area contributed by atoms with Crippen molar-refractivity contribution in [1.29, 1.82) is 0 Å². The van der Waals surface area contributed by atoms with Crippen LogP contribution in [0.5, 0.6) is 0 Å². The summed E-state index contributed by atoms with van der Waals surface area (Å²) in [7, 11) is 3.63. The van der Waals surface area contributed by atoms with Gasteiger partial charge < -0.3 is 29.4 Å². The second-order valence-corrected chi connectivity index (χ2v) is 12.4. The number of aryl methyl sites for hydroxylation is 1. The van der Waals surface area contributed by atoms with Crippen LogP contribution in [0.2, 0.25) is 0 Å². The molecule has 7 nitrogen and oxygen atoms in total. The van der Waals surface area contributed by atoms with Gasteiger partial charge in [0.25, 0.3) is 0 Å². The Morgan fingerprint density at radius 3 is 2.68 bits per heavy atom. The van der Waals surface area contributed by atoms with Crippen molar-refractivity contribution in [1.82, 2.24) is 9.88 Å². The molecule has 1 aromatic heterocycles. The molecule has 2 bridgehead atoms. The number of hydrogen-bond donors (Lipinski definition) is 3. The van der Waals surface area contributed by atoms with Gasteiger partial charge in [0.1, 0.15) is 23.3 Å². The van der Waals surface area contributed by atoms with E-state index in [2.05, 4.69) is 30.1 Å². The first kappa shape index (κ1) is 24.0. The van der Waals surface area contributed by atoms with Crippen LogP contribution in [0.15, 0.2) is 40.3 Å². The molecular formula is C29H35FN2O5. The SMILES string of the molecule is Cc1nc2cc(C3=CCC4C3(C)CC=C3C(O)C5(F)C(O)C(O)C(N(C)C)CC56CCC34O6)ccc2o1. The van der Waals surface area contributed by atoms with E-state index >= 15 is 4.39 Å². The highest BCUT2D eigenvalue weighted by Gasteiger charge is 2.79. The fraction of sp³-hybridized carbons (Fsp3) is 0.621. The van der Waals surface area contributed by atoms with Crippen LogP contribution < -0.4 is 0 Å². The summed E-state index contributed by atoms with van der Waals surface area (Å²) in [5, 5.41) is 33.5. The first-order chi connectivity index (χ1) is 17.5. The van der Waals surface area contributed by atoms with Crippen molar-refractivity contribution in [3.8, 4) is 0 Å². The Balaban J connectivity index is 1.32. The third-order valence-electron chi connectivity index (χ3n) is 10.6. The molecule has 2 aliphatic heterocycles. The average Bonchev–Trinajstić information content (AvgIpc) is 3.51. The number of likely N-dealkylation sites (N-methyl/N-ethyl adjacent to an activating group) is 1. The fourth-order valence-corrected chi connectivity index (χ4v) is 8.74. The Kier molecular flexibility index (Phi) is 4.73. The van der Waals surface area contributed by atoms with Crippen LogP contribution in [0.4, 0.5) is 4.39 Å². The Morgan fingerprint density at radius 1 is 1.14 bits per heavy atom. The van der Waals surface area contributed by atoms with Crippen molar-refractivity contribution in [2.75, 3.05) is 14.1 Å². The summed E-state index contributed by atoms with van der Waals surface area (Å²) in [5.41, 5.74) is -0.493. The van der Waals surface area contributed by atoms with E-state index in [1.807, 2.05) is 38.1 Å². The van der Waals surface area contributed by atoms with E-state index in [0.717, 1.165) is 23.1 Å². The van der Waals surface area contributed by atoms with Gasteiger partial charge in [-0.2, -0.15) is 0 Å². The summed E-state index contributed by atoms with van der Waals surface area (Å²) < 4.78 is 29.6. The number of rotatable bonds is 2. The van der Waals surface area contributed by atoms with E-state index in [1.54, 1.807) is 0 Å². The van der Waals surface area contributed by atoms with E-state index in [0.29, 0.717) is 30.7 Å². The van der Waals surface area contributed by atoms with Gasteiger partial charge in [0.15, 0.2) is 17.1 Å². The highest BCUT2D eigenvalue weighted by atomic mass is 19.1. The molecule has 2 spiro atoms. The van der Waals surface area contributed by atoms with Crippen LogP contribution in [0.25, 0.3) is 16.7 Å². The number of aromatic nitrogens is 1. The lowest BCUT2D eigenvalue weighted by molar-refractivity contribution is -0.308. The average molecular weight is 511 g/mol. The van der Waals surface area contributed by atoms with Crippen molar-refractivity contribution in [2.24, 2.45) is 11.3 Å². The van der Waals surface area contributed by atoms with Gasteiger partial charge in [-0.15, -0.1) is 0 Å². The molecule has 2 aromatic rings. The number of oxazole rings is 1. The molecule has 0 amide bonds. The van der Waals surface area contributed by atoms with E-state index in [-0.39, 0.29) is 17.8 Å². The third kappa shape index (κ3) is 2.71. The maximum absolute atomic E-state index is 17.0. The van der Waals surface area contributed by atoms with Crippen LogP contribution in [-0.4, -0.2) is 80.5 Å². The molecule has 0 radical (unpaired) electrons. The number of aliphatic hydroxyl groups is 3. The predicted molar refractivity (Wildman–Crippen MR) is 135 cm³/mol. The van der Waals surface area contributed by atoms with Crippen LogP contribution in [-0.2, 0) is 4.74 Å². The largest absolute Gasteiger partial charge is 0.441 e. The molecule has 1 aromatic carbocycles. The van der Waals surface area contributed by atoms with Crippen molar-refractivity contribution >= 4 is 16.7 Å². The molecule has 198 valence electrons. The molecule has 9 unspecified atom stereocenters. The highest BCUT2D eigenvalue weighted by Crippen LogP contribution is 2.70. The number of fused-ring (bicyclic) bond motifs is 2. The minimum absolute atomic E-state index is 0.0186. The van der Waals surface area contributed by atoms with Crippen molar-refractivity contribution in [2.45, 2.75) is 87.2 Å². The summed E-state index contributed by atoms with van der Waals surface area (Å²) >= 11 is 0. The molecule has 3 fully saturated rings. The van der Waals surface area contributed by atoms with Gasteiger partial charge in [0, 0.05) is 24.3 Å². The number of benzene rings is 1. The number of halogens is 1. The number of aliphatic hydroxyl groups excluding tert-OH is 3. The van der Waals surface area contributed by atoms with Crippen LogP contribution in [0.1, 0.15) is 50.5 Å². The van der Waals surface area contributed by atoms with E-state index in [4.69, 9.17) is 9.15 Å². The summed E-state index contributed by atoms with van der Waals surface area (Å²) in [4.78, 5) is 6.33. The highest BCUT2D eigenvalue weighted by molar-refractivity contribution is 5.82. The maximum atomic E-state index is 17.0. The summed E-state index contributed by atoms with van der Waals surface area (Å²) in [6.45, 7) is 4.09. The summed E-state index contributed by atoms with van der Waals surface area (Å²) in [6.07, 6.45) is 2.18. The third-order valence-corrected chi connectivity index (χ3v) is 10.6. The first-order valence-corrected chi connectivity index (χ1v) is 13.4. The van der Waals surface area contributed by atoms with Gasteiger partial charge in [-0.25, -0.2) is 9.37 Å². The molecule has 1 saturated carbocycles. The quantitative estimate of drug-likeness (QED) is 0.533. The van der Waals surface area contributed by atoms with Crippen molar-refractivity contribution < 1.29 is 28.9 Å². The van der Waals surface area contributed by atoms with Crippen LogP contribution in [0, 0.1) is 18.3 Å². The number of allylic oxidation sites excluding steroid dienone is 3. The zero-order valence-corrected chi connectivity index (χ0v) is 21.7. The first-order valence-electron chi connectivity index (χ1n) is 13.4. The maximum Gasteiger partial charge on any atom is 0.197 e. The topological polar surface area (TPSA) is 99.2 Å². The predicted octanol–water partition coefficient (Wildman–Crippen LogP) is 3.30. The minimum Gasteiger partial charge on any atom is -0.441 e. The van der Waals surface area contributed by atoms with Crippen LogP contribution in [0.3, 0.4) is 0 Å². The molecule has 3 heterocycles. The lowest BCUT2D eigenvalue weighted by Gasteiger charge is -2.62. The second kappa shape index (κ2) is 7.30. The molecule has 2 saturated heterocycles. The van der Waals surface area contributed by atoms with Gasteiger partial charge in [0.2, 0.25) is 0 Å². The number of nitrogens with zero attached hydrogens (tertiary/aromatic N) is 2. The monoisotopic (exact) mass is 510 g/mol. The summed E-state index contributed by atoms with van der Waals surface area (Å²) in [6, 6.07) is 5.63. The molecule has 37 heavy (non-hydrogen) atoms. The van der Waals surface area contributed by atoms with Gasteiger partial charge in [-0.3, -0.25) is 0 Å². The molecule has 8 heteroatoms. The molecule has 3 aliphatic carbocycles. The van der Waals surface area contributed by atoms with Crippen LogP contribution >= 0.6 is 0 Å². The Bertz CT molecular complexity index is 1370. The lowest BCUT2D eigenvalue weighted by atomic mass is 9.55. The van der Waals surface area contributed by atoms with E-state index in [1.165, 1.54) is 5.57 Å². The standard InChI is InChI=1S/C29H35FN2O5/c1-15-31-19-13-16(5-7-21(19)36-15)17-6-8-22-26(17,2)10-9-18-24(34)29(30)25(35)23(33)20(32(3)4)14-27(29)11-12-28(18,22)37-27/h5-7,9,13,20,22-25,33-35H,8,10-12,14H2,1-4H3. The van der Waals surface area contributed by atoms with Crippen molar-refractivity contribution in [3.63, 3.8) is 0 Å². The molecule has 9 atom stereocenters. The molecule has 3 N–H and O–H groups in total. The summed E-state index contributed by atoms with van der Waals surface area (Å²) in [5.74, 6) is 0.650. The van der Waals surface area contributed by atoms with E-state index in [9.17, 15) is 15.3 Å². The van der Waals surface area contributed by atoms with E-state index < -0.39 is 41.2 Å². The molecular weight excluding hydrogens is 475 g/mol.